The molecule has 10 atom stereocenters. The quantitative estimate of drug-likeness (QED) is 0.0737. The number of para-hydroxylation sites is 1. The van der Waals surface area contributed by atoms with E-state index in [9.17, 15) is 54.2 Å². The van der Waals surface area contributed by atoms with Crippen LogP contribution in [0.2, 0.25) is 0 Å². The van der Waals surface area contributed by atoms with Gasteiger partial charge in [0, 0.05) is 56.0 Å². The Morgan fingerprint density at radius 3 is 1.97 bits per heavy atom. The molecule has 7 N–H and O–H groups in total. The first-order valence-corrected chi connectivity index (χ1v) is 25.7. The van der Waals surface area contributed by atoms with Gasteiger partial charge in [-0.25, -0.2) is 0 Å². The van der Waals surface area contributed by atoms with E-state index in [1.54, 1.807) is 39.1 Å². The van der Waals surface area contributed by atoms with Crippen molar-refractivity contribution in [2.24, 2.45) is 17.8 Å². The molecular weight excluding hydrogens is 967 g/mol. The number of amides is 7. The lowest BCUT2D eigenvalue weighted by Gasteiger charge is -2.46. The normalized spacial score (nSPS) is 25.8. The summed E-state index contributed by atoms with van der Waals surface area (Å²) >= 11 is 0. The Bertz CT molecular complexity index is 2650. The number of phenolic OH excluding ortho intramolecular Hbond substituents is 1. The topological polar surface area (TPSA) is 286 Å². The van der Waals surface area contributed by atoms with Gasteiger partial charge < -0.3 is 55.9 Å². The van der Waals surface area contributed by atoms with Gasteiger partial charge >= 0.3 is 5.69 Å². The number of likely N-dealkylation sites (N-methyl/N-ethyl adjacent to an activating group) is 2. The molecule has 3 aromatic rings. The number of aliphatic hydroxyl groups excluding tert-OH is 2. The fourth-order valence-corrected chi connectivity index (χ4v) is 9.84. The number of nitro groups is 1. The molecule has 1 aromatic heterocycles. The molecule has 7 amide bonds. The Balaban J connectivity index is 1.72. The number of hydrogen-bond acceptors (Lipinski definition) is 12. The summed E-state index contributed by atoms with van der Waals surface area (Å²) in [6, 6.07) is 1.32. The Labute approximate surface area is 438 Å². The smallest absolute Gasteiger partial charge is 0.310 e. The number of piperidine rings is 1. The number of allylic oxidation sites excluding steroid dienone is 1. The fraction of sp³-hybridized carbons (Fsp3) is 0.574. The number of nitrogens with one attached hydrogen (secondary N) is 4. The van der Waals surface area contributed by atoms with Crippen molar-refractivity contribution in [3.05, 3.63) is 82.1 Å². The highest BCUT2D eigenvalue weighted by atomic mass is 16.6. The largest absolute Gasteiger partial charge is 0.502 e. The summed E-state index contributed by atoms with van der Waals surface area (Å²) in [6.45, 7) is 17.4. The monoisotopic (exact) mass is 1040 g/mol. The minimum Gasteiger partial charge on any atom is -0.502 e. The highest BCUT2D eigenvalue weighted by Gasteiger charge is 2.48. The van der Waals surface area contributed by atoms with Crippen molar-refractivity contribution < 1.29 is 53.8 Å². The molecule has 0 radical (unpaired) electrons. The summed E-state index contributed by atoms with van der Waals surface area (Å²) < 4.78 is 1.90. The second-order valence-corrected chi connectivity index (χ2v) is 21.7. The number of nitro benzene ring substituents is 1. The SMILES string of the molecule is C/C=C/C[C@@H]1NC(=O)[C@H](CC(C)C)N2C(=O)[C@H](C[C@H](C)[C@H]2O)N(C)C(=O)[C@H](C)NC(=O)[C@H](Cc2ccc(O)c([N+](=O)[O-])c2)NC(=O)[C@H](CC(C)C)N(C)C(=O)[C@H](Cc2cn(C(C)(C)[C@@H](C)O)c3ccccc23)NC1=O. The van der Waals surface area contributed by atoms with Gasteiger partial charge in [0.2, 0.25) is 41.4 Å². The number of phenols is 1. The first-order chi connectivity index (χ1) is 35.1. The van der Waals surface area contributed by atoms with Crippen molar-refractivity contribution in [3.8, 4) is 5.75 Å². The number of hydrogen-bond donors (Lipinski definition) is 7. The highest BCUT2D eigenvalue weighted by molar-refractivity contribution is 5.99. The average Bonchev–Trinajstić information content (AvgIpc) is 3.72. The van der Waals surface area contributed by atoms with Crippen LogP contribution in [0.3, 0.4) is 0 Å². The number of aromatic hydroxyl groups is 1. The molecular formula is C54H77N9O12. The predicted molar refractivity (Wildman–Crippen MR) is 280 cm³/mol. The van der Waals surface area contributed by atoms with Gasteiger partial charge in [-0.3, -0.25) is 43.7 Å². The Morgan fingerprint density at radius 1 is 0.773 bits per heavy atom. The highest BCUT2D eigenvalue weighted by Crippen LogP contribution is 2.33. The average molecular weight is 1040 g/mol. The van der Waals surface area contributed by atoms with Crippen LogP contribution in [0.15, 0.2) is 60.8 Å². The molecule has 2 saturated heterocycles. The van der Waals surface area contributed by atoms with Crippen molar-refractivity contribution in [2.45, 2.75) is 168 Å². The van der Waals surface area contributed by atoms with Gasteiger partial charge in [0.05, 0.1) is 16.6 Å². The maximum Gasteiger partial charge on any atom is 0.310 e. The van der Waals surface area contributed by atoms with Crippen molar-refractivity contribution in [2.75, 3.05) is 14.1 Å². The van der Waals surface area contributed by atoms with Crippen molar-refractivity contribution in [3.63, 3.8) is 0 Å². The second kappa shape index (κ2) is 24.7. The van der Waals surface area contributed by atoms with Crippen LogP contribution in [0.1, 0.15) is 106 Å². The van der Waals surface area contributed by atoms with Crippen molar-refractivity contribution >= 4 is 57.9 Å². The summed E-state index contributed by atoms with van der Waals surface area (Å²) in [7, 11) is 2.75. The first-order valence-electron chi connectivity index (χ1n) is 25.7. The number of benzene rings is 2. The van der Waals surface area contributed by atoms with E-state index >= 15 is 4.79 Å². The van der Waals surface area contributed by atoms with Crippen molar-refractivity contribution in [1.29, 1.82) is 0 Å². The van der Waals surface area contributed by atoms with Crippen LogP contribution in [-0.2, 0) is 51.9 Å². The molecule has 5 rings (SSSR count). The zero-order valence-electron chi connectivity index (χ0n) is 45.2. The minimum absolute atomic E-state index is 0.0184. The first kappa shape index (κ1) is 59.0. The van der Waals surface area contributed by atoms with E-state index in [2.05, 4.69) is 21.3 Å². The summed E-state index contributed by atoms with van der Waals surface area (Å²) in [5.74, 6) is -7.25. The second-order valence-electron chi connectivity index (χ2n) is 21.7. The van der Waals surface area contributed by atoms with E-state index in [4.69, 9.17) is 0 Å². The number of aliphatic hydroxyl groups is 2. The lowest BCUT2D eigenvalue weighted by atomic mass is 9.89. The van der Waals surface area contributed by atoms with Gasteiger partial charge in [0.15, 0.2) is 5.75 Å². The van der Waals surface area contributed by atoms with Gasteiger partial charge in [-0.15, -0.1) is 0 Å². The standard InChI is InChI=1S/C54H77N9O12/c1-13-14-18-37-46(66)58-39(27-35-28-61(54(9,10)33(8)64)40-19-16-15-17-36(35)40)52(72)59(11)42(22-29(2)3)48(68)57-38(25-34-20-21-45(65)41(26-34)63(74)75)47(67)55-32(7)51(71)60(12)44-24-31(6)50(70)62(53(44)73)43(23-30(4)5)49(69)56-37/h13-17,19-21,26,28-33,37-39,42-44,50,64-65,70H,18,22-25,27H2,1-12H3,(H,55,67)(H,56,69)(H,57,68)(H,58,66)/b14-13+/t31-,32-,33+,37-,38-,39-,42-,43-,44-,50+/m0/s1. The zero-order valence-corrected chi connectivity index (χ0v) is 45.2. The summed E-state index contributed by atoms with van der Waals surface area (Å²) in [5.41, 5.74) is -0.0223. The molecule has 410 valence electrons. The Hall–Kier alpha value is -6.87. The third-order valence-corrected chi connectivity index (χ3v) is 14.6. The lowest BCUT2D eigenvalue weighted by Crippen LogP contribution is -2.66. The number of aromatic nitrogens is 1. The predicted octanol–water partition coefficient (Wildman–Crippen LogP) is 3.40. The Kier molecular flexibility index (Phi) is 19.4. The molecule has 21 nitrogen and oxygen atoms in total. The Morgan fingerprint density at radius 2 is 1.36 bits per heavy atom. The number of rotatable bonds is 13. The van der Waals surface area contributed by atoms with E-state index in [0.717, 1.165) is 27.4 Å². The number of fused-ring (bicyclic) bond motifs is 3. The molecule has 2 aliphatic rings. The van der Waals surface area contributed by atoms with Crippen LogP contribution in [-0.4, -0.2) is 150 Å². The van der Waals surface area contributed by atoms with E-state index < -0.39 is 124 Å². The lowest BCUT2D eigenvalue weighted by molar-refractivity contribution is -0.385. The maximum absolute atomic E-state index is 15.4. The third-order valence-electron chi connectivity index (χ3n) is 14.6. The van der Waals surface area contributed by atoms with Gasteiger partial charge in [-0.05, 0) is 95.4 Å². The van der Waals surface area contributed by atoms with E-state index in [-0.39, 0.29) is 55.9 Å². The van der Waals surface area contributed by atoms with Gasteiger partial charge in [0.1, 0.15) is 48.5 Å². The van der Waals surface area contributed by atoms with Gasteiger partial charge in [0.25, 0.3) is 0 Å². The van der Waals surface area contributed by atoms with E-state index in [0.29, 0.717) is 10.9 Å². The van der Waals surface area contributed by atoms with Gasteiger partial charge in [-0.1, -0.05) is 71.0 Å². The third kappa shape index (κ3) is 13.5. The summed E-state index contributed by atoms with van der Waals surface area (Å²) in [5, 5.41) is 56.6. The summed E-state index contributed by atoms with van der Waals surface area (Å²) in [6.07, 6.45) is 2.31. The minimum atomic E-state index is -1.54. The zero-order chi connectivity index (χ0) is 56.0. The molecule has 75 heavy (non-hydrogen) atoms. The van der Waals surface area contributed by atoms with E-state index in [1.165, 1.54) is 32.0 Å². The van der Waals surface area contributed by atoms with Crippen LogP contribution < -0.4 is 21.3 Å². The van der Waals surface area contributed by atoms with Crippen molar-refractivity contribution in [1.82, 2.24) is 40.5 Å². The molecule has 0 spiro atoms. The van der Waals surface area contributed by atoms with Gasteiger partial charge in [-0.2, -0.15) is 0 Å². The van der Waals surface area contributed by atoms with Crippen LogP contribution >= 0.6 is 0 Å². The molecule has 2 fully saturated rings. The number of nitrogens with zero attached hydrogens (tertiary/aromatic N) is 5. The molecule has 0 unspecified atom stereocenters. The summed E-state index contributed by atoms with van der Waals surface area (Å²) in [4.78, 5) is 118. The maximum atomic E-state index is 15.4. The molecule has 0 aliphatic carbocycles. The van der Waals surface area contributed by atoms with E-state index in [1.807, 2.05) is 70.4 Å². The van der Waals surface area contributed by atoms with Crippen LogP contribution in [0, 0.1) is 27.9 Å². The van der Waals surface area contributed by atoms with Crippen LogP contribution in [0.5, 0.6) is 5.75 Å². The number of carbonyl (C=O) groups excluding carboxylic acids is 7. The number of carbonyl (C=O) groups is 7. The molecule has 2 aromatic carbocycles. The van der Waals surface area contributed by atoms with Crippen LogP contribution in [0.25, 0.3) is 10.9 Å². The molecule has 0 saturated carbocycles. The fourth-order valence-electron chi connectivity index (χ4n) is 9.84. The van der Waals surface area contributed by atoms with Crippen LogP contribution in [0.4, 0.5) is 5.69 Å². The molecule has 2 bridgehead atoms. The molecule has 2 aliphatic heterocycles. The molecule has 21 heteroatoms. The molecule has 3 heterocycles.